The van der Waals surface area contributed by atoms with Gasteiger partial charge in [-0.05, 0) is 67.2 Å². The third-order valence-corrected chi connectivity index (χ3v) is 6.09. The van der Waals surface area contributed by atoms with Crippen molar-refractivity contribution in [1.29, 1.82) is 5.26 Å². The highest BCUT2D eigenvalue weighted by Crippen LogP contribution is 2.32. The predicted molar refractivity (Wildman–Crippen MR) is 128 cm³/mol. The lowest BCUT2D eigenvalue weighted by Crippen LogP contribution is -2.37. The van der Waals surface area contributed by atoms with Crippen molar-refractivity contribution in [1.82, 2.24) is 4.90 Å². The lowest BCUT2D eigenvalue weighted by atomic mass is 9.77. The Balaban J connectivity index is 2.07. The Morgan fingerprint density at radius 3 is 2.29 bits per heavy atom. The van der Waals surface area contributed by atoms with E-state index >= 15 is 0 Å². The minimum absolute atomic E-state index is 0.237. The van der Waals surface area contributed by atoms with Gasteiger partial charge in [0.25, 0.3) is 0 Å². The molecular weight excluding hydrogens is 436 g/mol. The number of aliphatic hydroxyl groups is 2. The molecule has 1 unspecified atom stereocenters. The third kappa shape index (κ3) is 6.26. The third-order valence-electron chi connectivity index (χ3n) is 6.09. The van der Waals surface area contributed by atoms with Crippen molar-refractivity contribution in [2.45, 2.75) is 37.9 Å². The standard InChI is InChI=1S/C26H34N2O6/c1-28(13-10-19-6-9-23(32-2)24(14-19)33-3)12-5-11-26(18-27,25(31)34-4)22-8-7-20(16-29)21(15-22)17-30/h6-9,14-15,29-30H,5,10-13,16-17H2,1-4H3. The van der Waals surface area contributed by atoms with Crippen LogP contribution in [-0.4, -0.2) is 62.5 Å². The maximum Gasteiger partial charge on any atom is 0.330 e. The molecule has 0 aliphatic heterocycles. The smallest absolute Gasteiger partial charge is 0.330 e. The Kier molecular flexibility index (Phi) is 10.3. The summed E-state index contributed by atoms with van der Waals surface area (Å²) in [6.07, 6.45) is 1.65. The van der Waals surface area contributed by atoms with Crippen molar-refractivity contribution in [2.75, 3.05) is 41.5 Å². The zero-order chi connectivity index (χ0) is 25.1. The Bertz CT molecular complexity index is 1000. The van der Waals surface area contributed by atoms with E-state index in [1.54, 1.807) is 32.4 Å². The fraction of sp³-hybridized carbons (Fsp3) is 0.462. The summed E-state index contributed by atoms with van der Waals surface area (Å²) in [5.41, 5.74) is 1.12. The van der Waals surface area contributed by atoms with Crippen molar-refractivity contribution >= 4 is 5.97 Å². The molecule has 0 radical (unpaired) electrons. The molecule has 0 spiro atoms. The number of carbonyl (C=O) groups excluding carboxylic acids is 1. The molecular formula is C26H34N2O6. The lowest BCUT2D eigenvalue weighted by molar-refractivity contribution is -0.145. The topological polar surface area (TPSA) is 112 Å². The van der Waals surface area contributed by atoms with Crippen molar-refractivity contribution in [2.24, 2.45) is 0 Å². The fourth-order valence-corrected chi connectivity index (χ4v) is 3.98. The van der Waals surface area contributed by atoms with E-state index in [2.05, 4.69) is 11.0 Å². The first kappa shape index (κ1) is 27.1. The zero-order valence-electron chi connectivity index (χ0n) is 20.3. The van der Waals surface area contributed by atoms with Crippen LogP contribution in [0.3, 0.4) is 0 Å². The molecule has 0 saturated carbocycles. The summed E-state index contributed by atoms with van der Waals surface area (Å²) in [5, 5.41) is 29.1. The van der Waals surface area contributed by atoms with Crippen LogP contribution in [0.1, 0.15) is 35.1 Å². The second kappa shape index (κ2) is 12.9. The first-order valence-corrected chi connectivity index (χ1v) is 11.1. The molecule has 2 aromatic carbocycles. The van der Waals surface area contributed by atoms with Crippen LogP contribution >= 0.6 is 0 Å². The van der Waals surface area contributed by atoms with E-state index in [-0.39, 0.29) is 19.6 Å². The van der Waals surface area contributed by atoms with E-state index < -0.39 is 11.4 Å². The Morgan fingerprint density at radius 1 is 1.00 bits per heavy atom. The van der Waals surface area contributed by atoms with Gasteiger partial charge in [0, 0.05) is 6.54 Å². The maximum atomic E-state index is 12.7. The monoisotopic (exact) mass is 470 g/mol. The second-order valence-electron chi connectivity index (χ2n) is 8.15. The van der Waals surface area contributed by atoms with Gasteiger partial charge in [0.05, 0.1) is 40.6 Å². The van der Waals surface area contributed by atoms with Gasteiger partial charge in [0.1, 0.15) is 0 Å². The zero-order valence-corrected chi connectivity index (χ0v) is 20.3. The van der Waals surface area contributed by atoms with Gasteiger partial charge in [-0.25, -0.2) is 4.79 Å². The molecule has 0 aliphatic carbocycles. The molecule has 0 bridgehead atoms. The van der Waals surface area contributed by atoms with E-state index in [1.165, 1.54) is 7.11 Å². The van der Waals surface area contributed by atoms with Gasteiger partial charge in [-0.15, -0.1) is 0 Å². The number of carbonyl (C=O) groups is 1. The minimum atomic E-state index is -1.49. The largest absolute Gasteiger partial charge is 0.493 e. The molecule has 2 N–H and O–H groups in total. The average molecular weight is 471 g/mol. The van der Waals surface area contributed by atoms with Crippen molar-refractivity contribution in [3.05, 3.63) is 58.7 Å². The van der Waals surface area contributed by atoms with Gasteiger partial charge in [0.2, 0.25) is 0 Å². The summed E-state index contributed by atoms with van der Waals surface area (Å²) in [5.74, 6) is 0.740. The van der Waals surface area contributed by atoms with Gasteiger partial charge in [-0.2, -0.15) is 5.26 Å². The molecule has 8 nitrogen and oxygen atoms in total. The first-order chi connectivity index (χ1) is 16.4. The van der Waals surface area contributed by atoms with Crippen LogP contribution in [-0.2, 0) is 34.6 Å². The molecule has 0 amide bonds. The van der Waals surface area contributed by atoms with Gasteiger partial charge >= 0.3 is 5.97 Å². The molecule has 0 aliphatic rings. The normalized spacial score (nSPS) is 12.6. The van der Waals surface area contributed by atoms with E-state index in [4.69, 9.17) is 14.2 Å². The fourth-order valence-electron chi connectivity index (χ4n) is 3.98. The lowest BCUT2D eigenvalue weighted by Gasteiger charge is -2.26. The minimum Gasteiger partial charge on any atom is -0.493 e. The molecule has 184 valence electrons. The van der Waals surface area contributed by atoms with Crippen LogP contribution < -0.4 is 9.47 Å². The van der Waals surface area contributed by atoms with Gasteiger partial charge in [-0.1, -0.05) is 24.3 Å². The number of nitrogens with zero attached hydrogens (tertiary/aromatic N) is 2. The van der Waals surface area contributed by atoms with Gasteiger partial charge in [-0.3, -0.25) is 0 Å². The highest BCUT2D eigenvalue weighted by molar-refractivity contribution is 5.86. The number of nitriles is 1. The molecule has 1 atom stereocenters. The van der Waals surface area contributed by atoms with Crippen molar-refractivity contribution in [3.8, 4) is 17.6 Å². The number of methoxy groups -OCH3 is 3. The highest BCUT2D eigenvalue weighted by atomic mass is 16.5. The molecule has 0 fully saturated rings. The van der Waals surface area contributed by atoms with E-state index in [1.807, 2.05) is 25.2 Å². The summed E-state index contributed by atoms with van der Waals surface area (Å²) in [4.78, 5) is 14.9. The Hall–Kier alpha value is -3.12. The molecule has 8 heteroatoms. The van der Waals surface area contributed by atoms with E-state index in [0.717, 1.165) is 18.5 Å². The number of aliphatic hydroxyl groups excluding tert-OH is 2. The number of benzene rings is 2. The molecule has 0 aromatic heterocycles. The van der Waals surface area contributed by atoms with Crippen LogP contribution in [0, 0.1) is 11.3 Å². The van der Waals surface area contributed by atoms with Crippen molar-refractivity contribution < 1.29 is 29.2 Å². The van der Waals surface area contributed by atoms with Crippen LogP contribution in [0.5, 0.6) is 11.5 Å². The Morgan fingerprint density at radius 2 is 1.71 bits per heavy atom. The summed E-state index contributed by atoms with van der Waals surface area (Å²) >= 11 is 0. The number of rotatable bonds is 13. The maximum absolute atomic E-state index is 12.7. The summed E-state index contributed by atoms with van der Waals surface area (Å²) in [6.45, 7) is 0.923. The van der Waals surface area contributed by atoms with Gasteiger partial charge in [0.15, 0.2) is 16.9 Å². The Labute approximate surface area is 201 Å². The highest BCUT2D eigenvalue weighted by Gasteiger charge is 2.42. The molecule has 34 heavy (non-hydrogen) atoms. The van der Waals surface area contributed by atoms with E-state index in [0.29, 0.717) is 41.2 Å². The molecule has 2 aromatic rings. The van der Waals surface area contributed by atoms with E-state index in [9.17, 15) is 20.3 Å². The van der Waals surface area contributed by atoms with Crippen LogP contribution in [0.2, 0.25) is 0 Å². The second-order valence-corrected chi connectivity index (χ2v) is 8.15. The SMILES string of the molecule is COC(=O)C(C#N)(CCCN(C)CCc1ccc(OC)c(OC)c1)c1ccc(CO)c(CO)c1. The number of esters is 1. The average Bonchev–Trinajstić information content (AvgIpc) is 2.88. The van der Waals surface area contributed by atoms with Crippen LogP contribution in [0.4, 0.5) is 0 Å². The number of hydrogen-bond donors (Lipinski definition) is 2. The number of likely N-dealkylation sites (N-methyl/N-ethyl adjacent to an activating group) is 1. The van der Waals surface area contributed by atoms with Crippen LogP contribution in [0.15, 0.2) is 36.4 Å². The van der Waals surface area contributed by atoms with Crippen molar-refractivity contribution in [3.63, 3.8) is 0 Å². The molecule has 0 saturated heterocycles. The summed E-state index contributed by atoms with van der Waals surface area (Å²) < 4.78 is 15.6. The number of ether oxygens (including phenoxy) is 3. The van der Waals surface area contributed by atoms with Crippen LogP contribution in [0.25, 0.3) is 0 Å². The molecule has 2 rings (SSSR count). The predicted octanol–water partition coefficient (Wildman–Crippen LogP) is 2.58. The molecule has 0 heterocycles. The number of hydrogen-bond acceptors (Lipinski definition) is 8. The van der Waals surface area contributed by atoms with Gasteiger partial charge < -0.3 is 29.3 Å². The quantitative estimate of drug-likeness (QED) is 0.430. The first-order valence-electron chi connectivity index (χ1n) is 11.1. The summed E-state index contributed by atoms with van der Waals surface area (Å²) in [7, 11) is 6.47. The summed E-state index contributed by atoms with van der Waals surface area (Å²) in [6, 6.07) is 12.9.